The molecular weight excluding hydrogens is 268 g/mol. The van der Waals surface area contributed by atoms with Crippen LogP contribution in [0.3, 0.4) is 0 Å². The van der Waals surface area contributed by atoms with Crippen molar-refractivity contribution in [3.05, 3.63) is 30.3 Å². The summed E-state index contributed by atoms with van der Waals surface area (Å²) in [4.78, 5) is 1.65. The van der Waals surface area contributed by atoms with E-state index in [1.807, 2.05) is 30.3 Å². The van der Waals surface area contributed by atoms with Crippen LogP contribution >= 0.6 is 15.9 Å². The molecule has 1 unspecified atom stereocenters. The van der Waals surface area contributed by atoms with Crippen LogP contribution in [0.5, 0.6) is 0 Å². The predicted octanol–water partition coefficient (Wildman–Crippen LogP) is 2.37. The molecule has 0 aliphatic rings. The highest BCUT2D eigenvalue weighted by molar-refractivity contribution is 9.09. The summed E-state index contributed by atoms with van der Waals surface area (Å²) in [6, 6.07) is 9.87. The van der Waals surface area contributed by atoms with Gasteiger partial charge in [0, 0.05) is 10.9 Å². The van der Waals surface area contributed by atoms with Crippen molar-refractivity contribution in [1.82, 2.24) is 20.2 Å². The molecule has 0 aliphatic heterocycles. The van der Waals surface area contributed by atoms with Gasteiger partial charge in [0.25, 0.3) is 0 Å². The number of alkyl halides is 1. The smallest absolute Gasteiger partial charge is 0.164 e. The normalized spacial score (nSPS) is 12.6. The number of tetrazole rings is 1. The van der Waals surface area contributed by atoms with Crippen molar-refractivity contribution < 1.29 is 0 Å². The zero-order valence-electron chi connectivity index (χ0n) is 9.05. The lowest BCUT2D eigenvalue weighted by Gasteiger charge is -2.03. The first kappa shape index (κ1) is 11.3. The lowest BCUT2D eigenvalue weighted by atomic mass is 10.2. The van der Waals surface area contributed by atoms with Gasteiger partial charge in [-0.15, -0.1) is 10.2 Å². The van der Waals surface area contributed by atoms with Gasteiger partial charge in [-0.25, -0.2) is 0 Å². The molecule has 0 saturated heterocycles. The van der Waals surface area contributed by atoms with Crippen LogP contribution < -0.4 is 0 Å². The van der Waals surface area contributed by atoms with Crippen molar-refractivity contribution in [2.45, 2.75) is 13.5 Å². The van der Waals surface area contributed by atoms with Crippen LogP contribution in [0.1, 0.15) is 6.92 Å². The minimum absolute atomic E-state index is 0.498. The summed E-state index contributed by atoms with van der Waals surface area (Å²) in [6.07, 6.45) is 0. The van der Waals surface area contributed by atoms with E-state index >= 15 is 0 Å². The van der Waals surface area contributed by atoms with E-state index in [2.05, 4.69) is 38.3 Å². The first-order chi connectivity index (χ1) is 7.79. The highest BCUT2D eigenvalue weighted by Gasteiger charge is 2.07. The molecule has 0 spiro atoms. The SMILES string of the molecule is CC(CBr)Cn1nnc(-c2ccccc2)n1. The van der Waals surface area contributed by atoms with Gasteiger partial charge in [-0.3, -0.25) is 0 Å². The van der Waals surface area contributed by atoms with E-state index in [9.17, 15) is 0 Å². The van der Waals surface area contributed by atoms with Crippen molar-refractivity contribution >= 4 is 15.9 Å². The molecule has 1 aromatic carbocycles. The zero-order valence-corrected chi connectivity index (χ0v) is 10.6. The summed E-state index contributed by atoms with van der Waals surface area (Å²) in [5, 5.41) is 13.4. The minimum Gasteiger partial charge on any atom is -0.164 e. The summed E-state index contributed by atoms with van der Waals surface area (Å²) in [7, 11) is 0. The molecule has 0 aliphatic carbocycles. The average Bonchev–Trinajstić information content (AvgIpc) is 2.78. The molecule has 2 aromatic rings. The van der Waals surface area contributed by atoms with Crippen LogP contribution in [0, 0.1) is 5.92 Å². The fraction of sp³-hybridized carbons (Fsp3) is 0.364. The van der Waals surface area contributed by atoms with Crippen LogP contribution in [-0.2, 0) is 6.54 Å². The van der Waals surface area contributed by atoms with E-state index in [0.717, 1.165) is 17.4 Å². The Morgan fingerprint density at radius 1 is 1.31 bits per heavy atom. The van der Waals surface area contributed by atoms with Crippen LogP contribution in [-0.4, -0.2) is 25.5 Å². The molecule has 0 radical (unpaired) electrons. The Hall–Kier alpha value is -1.23. The Balaban J connectivity index is 2.14. The Morgan fingerprint density at radius 3 is 2.75 bits per heavy atom. The van der Waals surface area contributed by atoms with Crippen LogP contribution in [0.15, 0.2) is 30.3 Å². The summed E-state index contributed by atoms with van der Waals surface area (Å²) in [6.45, 7) is 2.92. The molecular formula is C11H13BrN4. The fourth-order valence-corrected chi connectivity index (χ4v) is 1.56. The molecule has 0 saturated carbocycles. The quantitative estimate of drug-likeness (QED) is 0.808. The molecule has 16 heavy (non-hydrogen) atoms. The van der Waals surface area contributed by atoms with E-state index in [4.69, 9.17) is 0 Å². The van der Waals surface area contributed by atoms with Gasteiger partial charge in [-0.1, -0.05) is 53.2 Å². The van der Waals surface area contributed by atoms with Gasteiger partial charge in [0.15, 0.2) is 0 Å². The summed E-state index contributed by atoms with van der Waals surface area (Å²) < 4.78 is 0. The van der Waals surface area contributed by atoms with Gasteiger partial charge in [0.1, 0.15) is 0 Å². The maximum absolute atomic E-state index is 4.34. The first-order valence-electron chi connectivity index (χ1n) is 5.19. The number of aromatic nitrogens is 4. The summed E-state index contributed by atoms with van der Waals surface area (Å²) >= 11 is 3.43. The molecule has 84 valence electrons. The van der Waals surface area contributed by atoms with Gasteiger partial charge in [-0.2, -0.15) is 4.80 Å². The number of hydrogen-bond acceptors (Lipinski definition) is 3. The number of benzene rings is 1. The molecule has 5 heteroatoms. The number of hydrogen-bond donors (Lipinski definition) is 0. The maximum Gasteiger partial charge on any atom is 0.204 e. The highest BCUT2D eigenvalue weighted by Crippen LogP contribution is 2.12. The first-order valence-corrected chi connectivity index (χ1v) is 6.31. The molecule has 0 amide bonds. The highest BCUT2D eigenvalue weighted by atomic mass is 79.9. The van der Waals surface area contributed by atoms with E-state index in [0.29, 0.717) is 11.7 Å². The number of rotatable bonds is 4. The molecule has 0 fully saturated rings. The van der Waals surface area contributed by atoms with Crippen LogP contribution in [0.25, 0.3) is 11.4 Å². The van der Waals surface area contributed by atoms with E-state index in [-0.39, 0.29) is 0 Å². The van der Waals surface area contributed by atoms with Gasteiger partial charge in [-0.05, 0) is 11.1 Å². The third-order valence-electron chi connectivity index (χ3n) is 2.22. The lowest BCUT2D eigenvalue weighted by molar-refractivity contribution is 0.436. The van der Waals surface area contributed by atoms with E-state index < -0.39 is 0 Å². The molecule has 2 rings (SSSR count). The van der Waals surface area contributed by atoms with E-state index in [1.54, 1.807) is 4.80 Å². The van der Waals surface area contributed by atoms with Gasteiger partial charge in [0.2, 0.25) is 5.82 Å². The third-order valence-corrected chi connectivity index (χ3v) is 3.33. The molecule has 0 N–H and O–H groups in total. The largest absolute Gasteiger partial charge is 0.204 e. The average molecular weight is 281 g/mol. The molecule has 1 aromatic heterocycles. The topological polar surface area (TPSA) is 43.6 Å². The summed E-state index contributed by atoms with van der Waals surface area (Å²) in [5.74, 6) is 1.18. The molecule has 1 heterocycles. The van der Waals surface area contributed by atoms with Gasteiger partial charge < -0.3 is 0 Å². The third kappa shape index (κ3) is 2.66. The number of nitrogens with zero attached hydrogens (tertiary/aromatic N) is 4. The molecule has 0 bridgehead atoms. The summed E-state index contributed by atoms with van der Waals surface area (Å²) in [5.41, 5.74) is 1.00. The standard InChI is InChI=1S/C11H13BrN4/c1-9(7-12)8-16-14-11(13-15-16)10-5-3-2-4-6-10/h2-6,9H,7-8H2,1H3. The Labute approximate surface area is 103 Å². The minimum atomic E-state index is 0.498. The fourth-order valence-electron chi connectivity index (χ4n) is 1.35. The van der Waals surface area contributed by atoms with Crippen molar-refractivity contribution in [1.29, 1.82) is 0 Å². The van der Waals surface area contributed by atoms with Crippen molar-refractivity contribution in [3.8, 4) is 11.4 Å². The van der Waals surface area contributed by atoms with Crippen LogP contribution in [0.4, 0.5) is 0 Å². The maximum atomic E-state index is 4.34. The molecule has 1 atom stereocenters. The van der Waals surface area contributed by atoms with Gasteiger partial charge >= 0.3 is 0 Å². The van der Waals surface area contributed by atoms with Crippen LogP contribution in [0.2, 0.25) is 0 Å². The van der Waals surface area contributed by atoms with Gasteiger partial charge in [0.05, 0.1) is 6.54 Å². The zero-order chi connectivity index (χ0) is 11.4. The predicted molar refractivity (Wildman–Crippen MR) is 66.2 cm³/mol. The lowest BCUT2D eigenvalue weighted by Crippen LogP contribution is -2.11. The molecule has 4 nitrogen and oxygen atoms in total. The monoisotopic (exact) mass is 280 g/mol. The van der Waals surface area contributed by atoms with Crippen molar-refractivity contribution in [2.75, 3.05) is 5.33 Å². The Morgan fingerprint density at radius 2 is 2.06 bits per heavy atom. The second-order valence-electron chi connectivity index (χ2n) is 3.79. The second-order valence-corrected chi connectivity index (χ2v) is 4.44. The number of halogens is 1. The van der Waals surface area contributed by atoms with Crippen molar-refractivity contribution in [2.24, 2.45) is 5.92 Å². The van der Waals surface area contributed by atoms with Crippen molar-refractivity contribution in [3.63, 3.8) is 0 Å². The second kappa shape index (κ2) is 5.21. The Kier molecular flexibility index (Phi) is 3.66. The Bertz CT molecular complexity index is 440. The van der Waals surface area contributed by atoms with E-state index in [1.165, 1.54) is 0 Å².